The fourth-order valence-corrected chi connectivity index (χ4v) is 4.59. The Morgan fingerprint density at radius 1 is 1.00 bits per heavy atom. The summed E-state index contributed by atoms with van der Waals surface area (Å²) in [5.74, 6) is 0.593. The van der Waals surface area contributed by atoms with Crippen LogP contribution in [-0.2, 0) is 11.3 Å². The van der Waals surface area contributed by atoms with Gasteiger partial charge in [0.05, 0.1) is 25.9 Å². The third-order valence-electron chi connectivity index (χ3n) is 6.58. The van der Waals surface area contributed by atoms with Gasteiger partial charge in [-0.1, -0.05) is 47.7 Å². The van der Waals surface area contributed by atoms with Gasteiger partial charge in [-0.2, -0.15) is 0 Å². The Morgan fingerprint density at radius 3 is 2.61 bits per heavy atom. The standard InChI is InChI=1S/C30H29N5O3/c1-20(29(38-3)21-10-12-26(37-2)13-11-21)32-30(36)27-7-5-4-6-25(27)18-35-19-28(33-34-35)23-8-9-24-17-31-15-14-22(24)16-23/h4-17,19-20,29H,18H2,1-3H3,(H,32,36). The topological polar surface area (TPSA) is 91.2 Å². The zero-order valence-electron chi connectivity index (χ0n) is 21.5. The number of carbonyl (C=O) groups is 1. The summed E-state index contributed by atoms with van der Waals surface area (Å²) in [6.07, 6.45) is 5.19. The number of hydrogen-bond acceptors (Lipinski definition) is 6. The number of aromatic nitrogens is 4. The molecule has 2 aromatic heterocycles. The summed E-state index contributed by atoms with van der Waals surface area (Å²) in [6.45, 7) is 2.34. The van der Waals surface area contributed by atoms with E-state index in [1.165, 1.54) is 0 Å². The van der Waals surface area contributed by atoms with Gasteiger partial charge in [0.2, 0.25) is 0 Å². The maximum absolute atomic E-state index is 13.3. The molecular weight excluding hydrogens is 478 g/mol. The van der Waals surface area contributed by atoms with Crippen molar-refractivity contribution in [2.75, 3.05) is 14.2 Å². The highest BCUT2D eigenvalue weighted by Gasteiger charge is 2.22. The van der Waals surface area contributed by atoms with E-state index in [4.69, 9.17) is 9.47 Å². The number of pyridine rings is 1. The zero-order valence-corrected chi connectivity index (χ0v) is 21.5. The lowest BCUT2D eigenvalue weighted by molar-refractivity contribution is 0.0644. The summed E-state index contributed by atoms with van der Waals surface area (Å²) in [7, 11) is 3.27. The van der Waals surface area contributed by atoms with Crippen LogP contribution in [0.1, 0.15) is 34.5 Å². The van der Waals surface area contributed by atoms with Crippen LogP contribution in [-0.4, -0.2) is 46.1 Å². The summed E-state index contributed by atoms with van der Waals surface area (Å²) < 4.78 is 12.7. The van der Waals surface area contributed by atoms with Gasteiger partial charge in [-0.3, -0.25) is 9.78 Å². The largest absolute Gasteiger partial charge is 0.497 e. The molecule has 0 bridgehead atoms. The molecule has 5 rings (SSSR count). The molecule has 0 aliphatic rings. The molecular formula is C30H29N5O3. The van der Waals surface area contributed by atoms with Crippen molar-refractivity contribution < 1.29 is 14.3 Å². The minimum atomic E-state index is -0.312. The first-order chi connectivity index (χ1) is 18.6. The molecule has 8 nitrogen and oxygen atoms in total. The van der Waals surface area contributed by atoms with Crippen molar-refractivity contribution in [2.24, 2.45) is 0 Å². The highest BCUT2D eigenvalue weighted by molar-refractivity contribution is 5.96. The maximum Gasteiger partial charge on any atom is 0.251 e. The van der Waals surface area contributed by atoms with Crippen molar-refractivity contribution in [3.63, 3.8) is 0 Å². The number of hydrogen-bond donors (Lipinski definition) is 1. The van der Waals surface area contributed by atoms with Crippen LogP contribution in [0.4, 0.5) is 0 Å². The molecule has 1 N–H and O–H groups in total. The lowest BCUT2D eigenvalue weighted by atomic mass is 10.0. The third-order valence-corrected chi connectivity index (χ3v) is 6.58. The second-order valence-corrected chi connectivity index (χ2v) is 9.09. The third kappa shape index (κ3) is 5.40. The molecule has 0 radical (unpaired) electrons. The average Bonchev–Trinajstić information content (AvgIpc) is 3.42. The van der Waals surface area contributed by atoms with Crippen LogP contribution < -0.4 is 10.1 Å². The molecule has 0 saturated heterocycles. The minimum absolute atomic E-state index is 0.174. The van der Waals surface area contributed by atoms with Crippen molar-refractivity contribution in [2.45, 2.75) is 25.6 Å². The predicted molar refractivity (Wildman–Crippen MR) is 146 cm³/mol. The fourth-order valence-electron chi connectivity index (χ4n) is 4.59. The molecule has 2 atom stereocenters. The van der Waals surface area contributed by atoms with E-state index in [1.54, 1.807) is 25.1 Å². The second kappa shape index (κ2) is 11.2. The number of ether oxygens (including phenoxy) is 2. The van der Waals surface area contributed by atoms with Crippen molar-refractivity contribution in [1.29, 1.82) is 0 Å². The number of amides is 1. The molecule has 8 heteroatoms. The van der Waals surface area contributed by atoms with Crippen molar-refractivity contribution in [3.8, 4) is 17.0 Å². The van der Waals surface area contributed by atoms with E-state index in [-0.39, 0.29) is 18.1 Å². The molecule has 0 fully saturated rings. The lowest BCUT2D eigenvalue weighted by Gasteiger charge is -2.24. The van der Waals surface area contributed by atoms with Crippen LogP contribution in [0.2, 0.25) is 0 Å². The Bertz CT molecular complexity index is 1550. The van der Waals surface area contributed by atoms with Crippen molar-refractivity contribution in [1.82, 2.24) is 25.3 Å². The molecule has 0 spiro atoms. The monoisotopic (exact) mass is 507 g/mol. The van der Waals surface area contributed by atoms with E-state index < -0.39 is 0 Å². The van der Waals surface area contributed by atoms with Gasteiger partial charge >= 0.3 is 0 Å². The Labute approximate surface area is 221 Å². The molecule has 3 aromatic carbocycles. The molecule has 0 aliphatic carbocycles. The number of nitrogens with one attached hydrogen (secondary N) is 1. The van der Waals surface area contributed by atoms with Crippen LogP contribution in [0.3, 0.4) is 0 Å². The van der Waals surface area contributed by atoms with Crippen molar-refractivity contribution >= 4 is 16.7 Å². The number of rotatable bonds is 9. The zero-order chi connectivity index (χ0) is 26.5. The minimum Gasteiger partial charge on any atom is -0.497 e. The first kappa shape index (κ1) is 25.1. The van der Waals surface area contributed by atoms with Gasteiger partial charge in [-0.25, -0.2) is 4.68 Å². The van der Waals surface area contributed by atoms with Gasteiger partial charge in [0.1, 0.15) is 17.5 Å². The summed E-state index contributed by atoms with van der Waals surface area (Å²) in [6, 6.07) is 23.0. The van der Waals surface area contributed by atoms with E-state index in [1.807, 2.05) is 86.0 Å². The first-order valence-electron chi connectivity index (χ1n) is 12.4. The molecule has 0 aliphatic heterocycles. The van der Waals surface area contributed by atoms with Gasteiger partial charge < -0.3 is 14.8 Å². The average molecular weight is 508 g/mol. The molecule has 38 heavy (non-hydrogen) atoms. The Balaban J connectivity index is 1.31. The predicted octanol–water partition coefficient (Wildman–Crippen LogP) is 5.06. The molecule has 1 amide bonds. The Hall–Kier alpha value is -4.56. The number of benzene rings is 3. The lowest BCUT2D eigenvalue weighted by Crippen LogP contribution is -2.38. The summed E-state index contributed by atoms with van der Waals surface area (Å²) >= 11 is 0. The van der Waals surface area contributed by atoms with E-state index in [9.17, 15) is 4.79 Å². The molecule has 5 aromatic rings. The maximum atomic E-state index is 13.3. The van der Waals surface area contributed by atoms with Crippen LogP contribution in [0.25, 0.3) is 22.0 Å². The number of nitrogens with zero attached hydrogens (tertiary/aromatic N) is 4. The van der Waals surface area contributed by atoms with Crippen LogP contribution in [0.5, 0.6) is 5.75 Å². The summed E-state index contributed by atoms with van der Waals surface area (Å²) in [4.78, 5) is 17.5. The highest BCUT2D eigenvalue weighted by Crippen LogP contribution is 2.25. The quantitative estimate of drug-likeness (QED) is 0.300. The number of fused-ring (bicyclic) bond motifs is 1. The van der Waals surface area contributed by atoms with E-state index in [0.717, 1.165) is 38.9 Å². The van der Waals surface area contributed by atoms with Gasteiger partial charge in [0.15, 0.2) is 0 Å². The number of methoxy groups -OCH3 is 2. The Kier molecular flexibility index (Phi) is 7.42. The van der Waals surface area contributed by atoms with Gasteiger partial charge in [0.25, 0.3) is 5.91 Å². The molecule has 0 saturated carbocycles. The van der Waals surface area contributed by atoms with Crippen LogP contribution in [0, 0.1) is 0 Å². The highest BCUT2D eigenvalue weighted by atomic mass is 16.5. The smallest absolute Gasteiger partial charge is 0.251 e. The molecule has 2 unspecified atom stereocenters. The van der Waals surface area contributed by atoms with E-state index >= 15 is 0 Å². The first-order valence-corrected chi connectivity index (χ1v) is 12.4. The number of carbonyl (C=O) groups excluding carboxylic acids is 1. The summed E-state index contributed by atoms with van der Waals surface area (Å²) in [5.41, 5.74) is 4.12. The normalized spacial score (nSPS) is 12.7. The molecule has 192 valence electrons. The second-order valence-electron chi connectivity index (χ2n) is 9.09. The van der Waals surface area contributed by atoms with Crippen LogP contribution in [0.15, 0.2) is 91.4 Å². The Morgan fingerprint density at radius 2 is 1.82 bits per heavy atom. The van der Waals surface area contributed by atoms with Gasteiger partial charge in [-0.15, -0.1) is 5.10 Å². The van der Waals surface area contributed by atoms with E-state index in [2.05, 4.69) is 26.7 Å². The summed E-state index contributed by atoms with van der Waals surface area (Å²) in [5, 5.41) is 13.9. The molecule has 2 heterocycles. The van der Waals surface area contributed by atoms with Crippen LogP contribution >= 0.6 is 0 Å². The van der Waals surface area contributed by atoms with E-state index in [0.29, 0.717) is 12.1 Å². The van der Waals surface area contributed by atoms with Gasteiger partial charge in [0, 0.05) is 36.0 Å². The SMILES string of the molecule is COc1ccc(C(OC)C(C)NC(=O)c2ccccc2Cn2cc(-c3ccc4cnccc4c3)nn2)cc1. The van der Waals surface area contributed by atoms with Crippen molar-refractivity contribution in [3.05, 3.63) is 108 Å². The van der Waals surface area contributed by atoms with Gasteiger partial charge in [-0.05, 0) is 53.8 Å². The fraction of sp³-hybridized carbons (Fsp3) is 0.200.